The van der Waals surface area contributed by atoms with Crippen molar-refractivity contribution in [1.29, 1.82) is 0 Å². The summed E-state index contributed by atoms with van der Waals surface area (Å²) in [6.45, 7) is 0. The fourth-order valence-electron chi connectivity index (χ4n) is 1.20. The van der Waals surface area contributed by atoms with Crippen molar-refractivity contribution in [2.24, 2.45) is 0 Å². The molecule has 0 saturated carbocycles. The van der Waals surface area contributed by atoms with Crippen molar-refractivity contribution in [1.82, 2.24) is 0 Å². The maximum absolute atomic E-state index is 10.1. The van der Waals surface area contributed by atoms with Gasteiger partial charge in [-0.25, -0.2) is 0 Å². The number of carboxylic acids is 2. The van der Waals surface area contributed by atoms with Crippen molar-refractivity contribution in [2.45, 2.75) is 0 Å². The Labute approximate surface area is 141 Å². The molecule has 0 aromatic carbocycles. The van der Waals surface area contributed by atoms with Crippen LogP contribution < -0.4 is 10.2 Å². The molecular formula is C10H4MgN2O10. The standard InChI is InChI=1S/2C5H3NO5.Mg/c2*7-5(8)4-3(6(9)10)1-2-11-4;/h2*1-2H,(H,7,8);/q;;+2/p-2. The minimum Gasteiger partial charge on any atom is -0.541 e. The number of carboxylic acid groups (broad SMARTS) is 2. The van der Waals surface area contributed by atoms with E-state index in [1.54, 1.807) is 0 Å². The fourth-order valence-corrected chi connectivity index (χ4v) is 1.20. The Morgan fingerprint density at radius 2 is 1.13 bits per heavy atom. The molecule has 23 heavy (non-hydrogen) atoms. The minimum absolute atomic E-state index is 0. The number of hydrogen-bond acceptors (Lipinski definition) is 10. The average Bonchev–Trinajstić information content (AvgIpc) is 3.08. The summed E-state index contributed by atoms with van der Waals surface area (Å²) < 4.78 is 8.57. The van der Waals surface area contributed by atoms with Crippen molar-refractivity contribution in [3.8, 4) is 0 Å². The van der Waals surface area contributed by atoms with Crippen molar-refractivity contribution >= 4 is 46.4 Å². The van der Waals surface area contributed by atoms with Crippen LogP contribution in [0.4, 0.5) is 11.4 Å². The first kappa shape index (κ1) is 20.1. The van der Waals surface area contributed by atoms with Crippen LogP contribution in [0.15, 0.2) is 33.5 Å². The molecule has 0 unspecified atom stereocenters. The zero-order chi connectivity index (χ0) is 16.9. The number of hydrogen-bond donors (Lipinski definition) is 0. The first-order chi connectivity index (χ1) is 10.3. The van der Waals surface area contributed by atoms with E-state index in [1.165, 1.54) is 0 Å². The molecule has 2 heterocycles. The number of aromatic carboxylic acids is 2. The maximum atomic E-state index is 10.1. The molecule has 0 radical (unpaired) electrons. The Hall–Kier alpha value is -2.93. The van der Waals surface area contributed by atoms with Gasteiger partial charge in [-0.05, 0) is 0 Å². The molecule has 2 aromatic heterocycles. The van der Waals surface area contributed by atoms with E-state index in [1.807, 2.05) is 0 Å². The van der Waals surface area contributed by atoms with Gasteiger partial charge < -0.3 is 28.6 Å². The summed E-state index contributed by atoms with van der Waals surface area (Å²) in [6.07, 6.45) is 1.84. The summed E-state index contributed by atoms with van der Waals surface area (Å²) in [5.74, 6) is -4.90. The van der Waals surface area contributed by atoms with E-state index in [0.29, 0.717) is 0 Å². The summed E-state index contributed by atoms with van der Waals surface area (Å²) in [4.78, 5) is 38.5. The van der Waals surface area contributed by atoms with Gasteiger partial charge in [-0.3, -0.25) is 20.2 Å². The second kappa shape index (κ2) is 8.49. The topological polar surface area (TPSA) is 193 Å². The molecule has 2 aromatic rings. The van der Waals surface area contributed by atoms with Crippen LogP contribution in [0.1, 0.15) is 21.1 Å². The Balaban J connectivity index is 0.000000403. The van der Waals surface area contributed by atoms with Crippen LogP contribution in [0.25, 0.3) is 0 Å². The second-order valence-electron chi connectivity index (χ2n) is 3.36. The smallest absolute Gasteiger partial charge is 0.541 e. The van der Waals surface area contributed by atoms with Crippen LogP contribution >= 0.6 is 0 Å². The van der Waals surface area contributed by atoms with Crippen molar-refractivity contribution in [3.05, 3.63) is 56.4 Å². The molecule has 116 valence electrons. The number of carbonyl (C=O) groups is 2. The van der Waals surface area contributed by atoms with Gasteiger partial charge in [0.2, 0.25) is 11.5 Å². The second-order valence-corrected chi connectivity index (χ2v) is 3.36. The van der Waals surface area contributed by atoms with Gasteiger partial charge in [0.15, 0.2) is 0 Å². The van der Waals surface area contributed by atoms with Crippen LogP contribution in [0.3, 0.4) is 0 Å². The molecule has 0 aliphatic rings. The Kier molecular flexibility index (Phi) is 7.41. The van der Waals surface area contributed by atoms with Gasteiger partial charge in [-0.1, -0.05) is 0 Å². The zero-order valence-electron chi connectivity index (χ0n) is 11.0. The van der Waals surface area contributed by atoms with Crippen LogP contribution in [-0.4, -0.2) is 44.8 Å². The molecule has 13 heteroatoms. The largest absolute Gasteiger partial charge is 2.00 e. The summed E-state index contributed by atoms with van der Waals surface area (Å²) in [5.41, 5.74) is -1.19. The van der Waals surface area contributed by atoms with E-state index in [0.717, 1.165) is 24.7 Å². The predicted molar refractivity (Wildman–Crippen MR) is 65.1 cm³/mol. The molecule has 2 rings (SSSR count). The third-order valence-corrected chi connectivity index (χ3v) is 2.05. The average molecular weight is 336 g/mol. The molecule has 0 atom stereocenters. The van der Waals surface area contributed by atoms with E-state index in [9.17, 15) is 40.0 Å². The predicted octanol–water partition coefficient (Wildman–Crippen LogP) is -1.28. The Morgan fingerprint density at radius 3 is 1.30 bits per heavy atom. The SMILES string of the molecule is O=C([O-])c1occc1[N+](=O)[O-].O=C([O-])c1occc1[N+](=O)[O-].[Mg+2]. The molecule has 0 bridgehead atoms. The quantitative estimate of drug-likeness (QED) is 0.368. The molecule has 0 fully saturated rings. The van der Waals surface area contributed by atoms with E-state index < -0.39 is 44.7 Å². The fraction of sp³-hybridized carbons (Fsp3) is 0. The summed E-state index contributed by atoms with van der Waals surface area (Å²) in [5, 5.41) is 40.2. The summed E-state index contributed by atoms with van der Waals surface area (Å²) in [7, 11) is 0. The first-order valence-electron chi connectivity index (χ1n) is 5.12. The van der Waals surface area contributed by atoms with E-state index in [2.05, 4.69) is 8.83 Å². The number of rotatable bonds is 4. The monoisotopic (exact) mass is 336 g/mol. The van der Waals surface area contributed by atoms with Gasteiger partial charge in [-0.2, -0.15) is 0 Å². The molecular weight excluding hydrogens is 332 g/mol. The number of furan rings is 2. The number of nitro groups is 2. The van der Waals surface area contributed by atoms with Gasteiger partial charge in [0.1, 0.15) is 11.9 Å². The van der Waals surface area contributed by atoms with Crippen molar-refractivity contribution in [2.75, 3.05) is 0 Å². The van der Waals surface area contributed by atoms with Crippen molar-refractivity contribution < 1.29 is 38.5 Å². The number of nitrogens with zero attached hydrogens (tertiary/aromatic N) is 2. The molecule has 0 saturated heterocycles. The van der Waals surface area contributed by atoms with Crippen LogP contribution in [0.2, 0.25) is 0 Å². The van der Waals surface area contributed by atoms with Crippen LogP contribution in [0.5, 0.6) is 0 Å². The zero-order valence-corrected chi connectivity index (χ0v) is 12.4. The summed E-state index contributed by atoms with van der Waals surface area (Å²) >= 11 is 0. The van der Waals surface area contributed by atoms with E-state index in [-0.39, 0.29) is 23.1 Å². The third-order valence-electron chi connectivity index (χ3n) is 2.05. The minimum atomic E-state index is -1.69. The maximum Gasteiger partial charge on any atom is 2.00 e. The van der Waals surface area contributed by atoms with Crippen LogP contribution in [-0.2, 0) is 0 Å². The number of carbonyl (C=O) groups excluding carboxylic acids is 2. The van der Waals surface area contributed by atoms with Gasteiger partial charge in [0, 0.05) is 0 Å². The van der Waals surface area contributed by atoms with Crippen molar-refractivity contribution in [3.63, 3.8) is 0 Å². The van der Waals surface area contributed by atoms with Gasteiger partial charge in [0.05, 0.1) is 34.5 Å². The molecule has 0 amide bonds. The molecule has 0 N–H and O–H groups in total. The van der Waals surface area contributed by atoms with Gasteiger partial charge in [0.25, 0.3) is 0 Å². The Bertz CT molecular complexity index is 614. The van der Waals surface area contributed by atoms with E-state index >= 15 is 0 Å². The Morgan fingerprint density at radius 1 is 0.826 bits per heavy atom. The van der Waals surface area contributed by atoms with Gasteiger partial charge in [-0.15, -0.1) is 0 Å². The first-order valence-corrected chi connectivity index (χ1v) is 5.12. The molecule has 12 nitrogen and oxygen atoms in total. The molecule has 0 aliphatic heterocycles. The van der Waals surface area contributed by atoms with Gasteiger partial charge >= 0.3 is 34.4 Å². The normalized spacial score (nSPS) is 9.04. The van der Waals surface area contributed by atoms with E-state index in [4.69, 9.17) is 0 Å². The molecule has 0 aliphatic carbocycles. The molecule has 0 spiro atoms. The third kappa shape index (κ3) is 5.08. The van der Waals surface area contributed by atoms with Crippen LogP contribution in [0, 0.1) is 20.2 Å². The summed E-state index contributed by atoms with van der Waals surface area (Å²) in [6, 6.07) is 1.90.